The molecule has 2 heterocycles. The van der Waals surface area contributed by atoms with Crippen molar-refractivity contribution < 1.29 is 14.3 Å². The molecule has 0 aliphatic rings. The summed E-state index contributed by atoms with van der Waals surface area (Å²) >= 11 is 0. The Morgan fingerprint density at radius 3 is 2.60 bits per heavy atom. The van der Waals surface area contributed by atoms with Gasteiger partial charge in [0.15, 0.2) is 0 Å². The highest BCUT2D eigenvalue weighted by molar-refractivity contribution is 5.93. The largest absolute Gasteiger partial charge is 0.507 e. The van der Waals surface area contributed by atoms with E-state index in [2.05, 4.69) is 20.5 Å². The molecule has 0 fully saturated rings. The van der Waals surface area contributed by atoms with E-state index < -0.39 is 0 Å². The van der Waals surface area contributed by atoms with Gasteiger partial charge in [0.1, 0.15) is 11.6 Å². The van der Waals surface area contributed by atoms with Gasteiger partial charge in [0.2, 0.25) is 5.89 Å². The van der Waals surface area contributed by atoms with Gasteiger partial charge in [-0.15, -0.1) is 10.2 Å². The van der Waals surface area contributed by atoms with Gasteiger partial charge in [-0.25, -0.2) is 4.98 Å². The lowest BCUT2D eigenvalue weighted by atomic mass is 10.1. The second-order valence-electron chi connectivity index (χ2n) is 5.61. The number of hydrogen-bond donors (Lipinski definition) is 2. The fourth-order valence-electron chi connectivity index (χ4n) is 2.19. The minimum atomic E-state index is -0.113. The summed E-state index contributed by atoms with van der Waals surface area (Å²) in [4.78, 5) is 17.6. The van der Waals surface area contributed by atoms with Crippen LogP contribution in [0.5, 0.6) is 5.75 Å². The molecule has 2 aromatic heterocycles. The lowest BCUT2D eigenvalue weighted by molar-refractivity contribution is 0.0827. The molecule has 1 aromatic carbocycles. The molecule has 8 heteroatoms. The average molecular weight is 339 g/mol. The molecular weight excluding hydrogens is 322 g/mol. The van der Waals surface area contributed by atoms with Crippen molar-refractivity contribution in [1.29, 1.82) is 0 Å². The number of phenols is 1. The number of rotatable bonds is 4. The van der Waals surface area contributed by atoms with E-state index in [0.717, 1.165) is 0 Å². The van der Waals surface area contributed by atoms with Gasteiger partial charge in [-0.05, 0) is 30.3 Å². The van der Waals surface area contributed by atoms with Crippen LogP contribution in [0.1, 0.15) is 16.2 Å². The van der Waals surface area contributed by atoms with Crippen LogP contribution in [0.2, 0.25) is 0 Å². The van der Waals surface area contributed by atoms with Crippen molar-refractivity contribution in [2.45, 2.75) is 6.92 Å². The van der Waals surface area contributed by atoms with E-state index in [0.29, 0.717) is 28.5 Å². The van der Waals surface area contributed by atoms with Gasteiger partial charge >= 0.3 is 0 Å². The van der Waals surface area contributed by atoms with E-state index in [9.17, 15) is 9.90 Å². The topological polar surface area (TPSA) is 104 Å². The van der Waals surface area contributed by atoms with Crippen molar-refractivity contribution in [2.24, 2.45) is 0 Å². The number of aryl methyl sites for hydroxylation is 1. The van der Waals surface area contributed by atoms with Crippen molar-refractivity contribution in [3.63, 3.8) is 0 Å². The molecule has 0 aliphatic carbocycles. The number of amides is 1. The zero-order valence-corrected chi connectivity index (χ0v) is 14.0. The van der Waals surface area contributed by atoms with Crippen molar-refractivity contribution >= 4 is 17.4 Å². The molecule has 0 bridgehead atoms. The van der Waals surface area contributed by atoms with Crippen LogP contribution in [0, 0.1) is 6.92 Å². The molecule has 0 aliphatic heterocycles. The van der Waals surface area contributed by atoms with E-state index in [4.69, 9.17) is 4.42 Å². The minimum absolute atomic E-state index is 0.0362. The molecule has 1 amide bonds. The van der Waals surface area contributed by atoms with Crippen LogP contribution in [-0.4, -0.2) is 45.2 Å². The number of benzene rings is 1. The van der Waals surface area contributed by atoms with Crippen LogP contribution in [0.15, 0.2) is 40.9 Å². The fourth-order valence-corrected chi connectivity index (χ4v) is 2.19. The highest BCUT2D eigenvalue weighted by atomic mass is 16.4. The van der Waals surface area contributed by atoms with E-state index in [1.54, 1.807) is 45.3 Å². The molecule has 3 aromatic rings. The summed E-state index contributed by atoms with van der Waals surface area (Å²) < 4.78 is 5.35. The Labute approximate surface area is 144 Å². The van der Waals surface area contributed by atoms with Gasteiger partial charge in [-0.2, -0.15) is 0 Å². The summed E-state index contributed by atoms with van der Waals surface area (Å²) in [5, 5.41) is 20.8. The highest BCUT2D eigenvalue weighted by Crippen LogP contribution is 2.31. The Balaban J connectivity index is 1.82. The summed E-state index contributed by atoms with van der Waals surface area (Å²) in [6, 6.07) is 8.31. The standard InChI is InChI=1S/C17H17N5O3/c1-10-20-21-16(25-10)13-8-12(5-6-14(13)23)19-15-7-4-11(9-18-15)17(24)22(2)3/h4-9,23H,1-3H3,(H,18,19). The van der Waals surface area contributed by atoms with E-state index in [1.807, 2.05) is 0 Å². The molecule has 8 nitrogen and oxygen atoms in total. The second-order valence-corrected chi connectivity index (χ2v) is 5.61. The van der Waals surface area contributed by atoms with Crippen LogP contribution in [0.4, 0.5) is 11.5 Å². The average Bonchev–Trinajstić information content (AvgIpc) is 3.03. The van der Waals surface area contributed by atoms with Crippen LogP contribution in [-0.2, 0) is 0 Å². The highest BCUT2D eigenvalue weighted by Gasteiger charge is 2.13. The van der Waals surface area contributed by atoms with Crippen LogP contribution in [0.3, 0.4) is 0 Å². The number of pyridine rings is 1. The maximum Gasteiger partial charge on any atom is 0.254 e. The number of nitrogens with zero attached hydrogens (tertiary/aromatic N) is 4. The molecule has 3 rings (SSSR count). The van der Waals surface area contributed by atoms with Crippen molar-refractivity contribution in [3.8, 4) is 17.2 Å². The third-order valence-corrected chi connectivity index (χ3v) is 3.44. The molecule has 0 radical (unpaired) electrons. The molecule has 0 unspecified atom stereocenters. The maximum atomic E-state index is 11.9. The Morgan fingerprint density at radius 2 is 2.00 bits per heavy atom. The van der Waals surface area contributed by atoms with Gasteiger partial charge in [-0.3, -0.25) is 4.79 Å². The van der Waals surface area contributed by atoms with Crippen molar-refractivity contribution in [3.05, 3.63) is 48.0 Å². The van der Waals surface area contributed by atoms with Crippen molar-refractivity contribution in [2.75, 3.05) is 19.4 Å². The second kappa shape index (κ2) is 6.60. The number of phenolic OH excluding ortho intramolecular Hbond substituents is 1. The number of carbonyl (C=O) groups is 1. The lowest BCUT2D eigenvalue weighted by Crippen LogP contribution is -2.21. The fraction of sp³-hybridized carbons (Fsp3) is 0.176. The molecule has 0 atom stereocenters. The van der Waals surface area contributed by atoms with E-state index >= 15 is 0 Å². The van der Waals surface area contributed by atoms with Gasteiger partial charge in [0, 0.05) is 32.9 Å². The number of carbonyl (C=O) groups excluding carboxylic acids is 1. The Kier molecular flexibility index (Phi) is 4.34. The van der Waals surface area contributed by atoms with Gasteiger partial charge < -0.3 is 19.7 Å². The van der Waals surface area contributed by atoms with Crippen LogP contribution in [0.25, 0.3) is 11.5 Å². The third kappa shape index (κ3) is 3.57. The monoisotopic (exact) mass is 339 g/mol. The first-order chi connectivity index (χ1) is 11.9. The lowest BCUT2D eigenvalue weighted by Gasteiger charge is -2.11. The Morgan fingerprint density at radius 1 is 1.20 bits per heavy atom. The molecule has 25 heavy (non-hydrogen) atoms. The maximum absolute atomic E-state index is 11.9. The summed E-state index contributed by atoms with van der Waals surface area (Å²) in [7, 11) is 3.37. The zero-order valence-electron chi connectivity index (χ0n) is 14.0. The van der Waals surface area contributed by atoms with E-state index in [-0.39, 0.29) is 17.5 Å². The molecule has 128 valence electrons. The SMILES string of the molecule is Cc1nnc(-c2cc(Nc3ccc(C(=O)N(C)C)cn3)ccc2O)o1. The normalized spacial score (nSPS) is 10.5. The summed E-state index contributed by atoms with van der Waals surface area (Å²) in [5.74, 6) is 1.13. The number of aromatic hydroxyl groups is 1. The molecule has 0 saturated heterocycles. The molecule has 2 N–H and O–H groups in total. The molecule has 0 spiro atoms. The Hall–Kier alpha value is -3.42. The summed E-state index contributed by atoms with van der Waals surface area (Å²) in [5.41, 5.74) is 1.61. The van der Waals surface area contributed by atoms with Gasteiger partial charge in [-0.1, -0.05) is 0 Å². The molecule has 0 saturated carbocycles. The van der Waals surface area contributed by atoms with Crippen molar-refractivity contribution in [1.82, 2.24) is 20.1 Å². The molecular formula is C17H17N5O3. The third-order valence-electron chi connectivity index (χ3n) is 3.44. The first-order valence-corrected chi connectivity index (χ1v) is 7.52. The smallest absolute Gasteiger partial charge is 0.254 e. The summed E-state index contributed by atoms with van der Waals surface area (Å²) in [6.07, 6.45) is 1.51. The first kappa shape index (κ1) is 16.4. The predicted octanol–water partition coefficient (Wildman–Crippen LogP) is 2.59. The minimum Gasteiger partial charge on any atom is -0.507 e. The number of aromatic nitrogens is 3. The van der Waals surface area contributed by atoms with Gasteiger partial charge in [0.05, 0.1) is 11.1 Å². The van der Waals surface area contributed by atoms with Gasteiger partial charge in [0.25, 0.3) is 11.8 Å². The number of nitrogens with one attached hydrogen (secondary N) is 1. The van der Waals surface area contributed by atoms with Crippen LogP contribution < -0.4 is 5.32 Å². The predicted molar refractivity (Wildman–Crippen MR) is 91.7 cm³/mol. The Bertz CT molecular complexity index is 903. The summed E-state index contributed by atoms with van der Waals surface area (Å²) in [6.45, 7) is 1.68. The van der Waals surface area contributed by atoms with Crippen LogP contribution >= 0.6 is 0 Å². The number of anilines is 2. The zero-order chi connectivity index (χ0) is 18.0. The first-order valence-electron chi connectivity index (χ1n) is 7.52. The number of hydrogen-bond acceptors (Lipinski definition) is 7. The quantitative estimate of drug-likeness (QED) is 0.704. The van der Waals surface area contributed by atoms with E-state index in [1.165, 1.54) is 17.2 Å².